The normalized spacial score (nSPS) is 26.8. The second-order valence-corrected chi connectivity index (χ2v) is 5.35. The third kappa shape index (κ3) is 2.69. The van der Waals surface area contributed by atoms with Gasteiger partial charge in [-0.3, -0.25) is 4.79 Å². The number of benzene rings is 1. The molecule has 4 nitrogen and oxygen atoms in total. The summed E-state index contributed by atoms with van der Waals surface area (Å²) in [6, 6.07) is 6.61. The van der Waals surface area contributed by atoms with E-state index < -0.39 is 0 Å². The van der Waals surface area contributed by atoms with Crippen LogP contribution < -0.4 is 5.32 Å². The summed E-state index contributed by atoms with van der Waals surface area (Å²) in [5, 5.41) is 3.21. The Morgan fingerprint density at radius 3 is 3.00 bits per heavy atom. The van der Waals surface area contributed by atoms with Gasteiger partial charge in [0.1, 0.15) is 11.9 Å². The summed E-state index contributed by atoms with van der Waals surface area (Å²) in [6.07, 6.45) is 0.531. The molecule has 0 spiro atoms. The van der Waals surface area contributed by atoms with Crippen molar-refractivity contribution in [1.82, 2.24) is 10.2 Å². The lowest BCUT2D eigenvalue weighted by molar-refractivity contribution is -0.142. The van der Waals surface area contributed by atoms with E-state index in [1.807, 2.05) is 4.90 Å². The van der Waals surface area contributed by atoms with E-state index in [-0.39, 0.29) is 23.7 Å². The Kier molecular flexibility index (Phi) is 3.98. The maximum atomic E-state index is 13.8. The number of ether oxygens (including phenoxy) is 1. The fourth-order valence-corrected chi connectivity index (χ4v) is 2.90. The van der Waals surface area contributed by atoms with E-state index in [1.54, 1.807) is 18.2 Å². The lowest BCUT2D eigenvalue weighted by atomic mass is 10.0. The average Bonchev–Trinajstić information content (AvgIpc) is 3.01. The molecular weight excluding hydrogens is 259 g/mol. The molecule has 2 aliphatic heterocycles. The van der Waals surface area contributed by atoms with Crippen LogP contribution in [0, 0.1) is 11.7 Å². The van der Waals surface area contributed by atoms with Crippen molar-refractivity contribution >= 4 is 5.91 Å². The first-order chi connectivity index (χ1) is 9.75. The highest BCUT2D eigenvalue weighted by Gasteiger charge is 2.32. The molecule has 1 N–H and O–H groups in total. The third-order valence-electron chi connectivity index (χ3n) is 4.04. The largest absolute Gasteiger partial charge is 0.370 e. The van der Waals surface area contributed by atoms with Crippen LogP contribution in [0.15, 0.2) is 24.3 Å². The quantitative estimate of drug-likeness (QED) is 0.887. The Balaban J connectivity index is 1.70. The number of nitrogens with one attached hydrogen (secondary N) is 1. The van der Waals surface area contributed by atoms with Crippen LogP contribution in [-0.2, 0) is 9.53 Å². The fraction of sp³-hybridized carbons (Fsp3) is 0.533. The zero-order valence-corrected chi connectivity index (χ0v) is 11.3. The van der Waals surface area contributed by atoms with Crippen LogP contribution in [-0.4, -0.2) is 43.6 Å². The zero-order valence-electron chi connectivity index (χ0n) is 11.3. The Morgan fingerprint density at radius 2 is 2.25 bits per heavy atom. The second-order valence-electron chi connectivity index (χ2n) is 5.35. The number of carbonyl (C=O) groups is 1. The van der Waals surface area contributed by atoms with Gasteiger partial charge in [-0.05, 0) is 19.0 Å². The molecular formula is C15H19FN2O2. The van der Waals surface area contributed by atoms with Gasteiger partial charge in [-0.2, -0.15) is 0 Å². The predicted molar refractivity (Wildman–Crippen MR) is 72.6 cm³/mol. The smallest absolute Gasteiger partial charge is 0.227 e. The van der Waals surface area contributed by atoms with E-state index in [2.05, 4.69) is 5.32 Å². The topological polar surface area (TPSA) is 41.6 Å². The Bertz CT molecular complexity index is 489. The lowest BCUT2D eigenvalue weighted by Gasteiger charge is -2.34. The SMILES string of the molecule is O=C([C@H]1CCNC1)N1CCO[C@@H](c2ccccc2F)C1. The molecule has 0 bridgehead atoms. The molecule has 108 valence electrons. The molecule has 1 aromatic carbocycles. The number of hydrogen-bond acceptors (Lipinski definition) is 3. The molecule has 2 saturated heterocycles. The van der Waals surface area contributed by atoms with Crippen molar-refractivity contribution < 1.29 is 13.9 Å². The summed E-state index contributed by atoms with van der Waals surface area (Å²) in [7, 11) is 0. The minimum Gasteiger partial charge on any atom is -0.370 e. The van der Waals surface area contributed by atoms with E-state index in [4.69, 9.17) is 4.74 Å². The Hall–Kier alpha value is -1.46. The van der Waals surface area contributed by atoms with Gasteiger partial charge in [0.25, 0.3) is 0 Å². The van der Waals surface area contributed by atoms with Crippen molar-refractivity contribution in [2.75, 3.05) is 32.8 Å². The van der Waals surface area contributed by atoms with Crippen molar-refractivity contribution in [3.63, 3.8) is 0 Å². The van der Waals surface area contributed by atoms with E-state index >= 15 is 0 Å². The van der Waals surface area contributed by atoms with Gasteiger partial charge in [-0.15, -0.1) is 0 Å². The second kappa shape index (κ2) is 5.89. The molecule has 1 amide bonds. The van der Waals surface area contributed by atoms with Crippen LogP contribution in [0.1, 0.15) is 18.1 Å². The first kappa shape index (κ1) is 13.5. The summed E-state index contributed by atoms with van der Waals surface area (Å²) >= 11 is 0. The van der Waals surface area contributed by atoms with Gasteiger partial charge in [0.15, 0.2) is 0 Å². The molecule has 0 unspecified atom stereocenters. The molecule has 1 aromatic rings. The molecule has 2 heterocycles. The standard InChI is InChI=1S/C15H19FN2O2/c16-13-4-2-1-3-12(13)14-10-18(7-8-20-14)15(19)11-5-6-17-9-11/h1-4,11,14,17H,5-10H2/t11-,14+/m0/s1. The molecule has 2 aliphatic rings. The van der Waals surface area contributed by atoms with Crippen LogP contribution in [0.4, 0.5) is 4.39 Å². The zero-order chi connectivity index (χ0) is 13.9. The first-order valence-corrected chi connectivity index (χ1v) is 7.11. The molecule has 0 aliphatic carbocycles. The monoisotopic (exact) mass is 278 g/mol. The van der Waals surface area contributed by atoms with Crippen molar-refractivity contribution in [2.45, 2.75) is 12.5 Å². The van der Waals surface area contributed by atoms with E-state index in [0.29, 0.717) is 25.3 Å². The number of nitrogens with zero attached hydrogens (tertiary/aromatic N) is 1. The third-order valence-corrected chi connectivity index (χ3v) is 4.04. The molecule has 3 rings (SSSR count). The molecule has 20 heavy (non-hydrogen) atoms. The van der Waals surface area contributed by atoms with Crippen LogP contribution in [0.5, 0.6) is 0 Å². The molecule has 2 fully saturated rings. The molecule has 0 aromatic heterocycles. The highest BCUT2D eigenvalue weighted by Crippen LogP contribution is 2.25. The first-order valence-electron chi connectivity index (χ1n) is 7.11. The van der Waals surface area contributed by atoms with Crippen LogP contribution in [0.3, 0.4) is 0 Å². The summed E-state index contributed by atoms with van der Waals surface area (Å²) in [4.78, 5) is 14.2. The highest BCUT2D eigenvalue weighted by molar-refractivity contribution is 5.79. The molecule has 5 heteroatoms. The van der Waals surface area contributed by atoms with Crippen LogP contribution in [0.2, 0.25) is 0 Å². The Labute approximate surface area is 117 Å². The molecule has 0 radical (unpaired) electrons. The summed E-state index contributed by atoms with van der Waals surface area (Å²) in [5.74, 6) is -0.0386. The number of morpholine rings is 1. The van der Waals surface area contributed by atoms with Gasteiger partial charge in [0.2, 0.25) is 5.91 Å². The van der Waals surface area contributed by atoms with Gasteiger partial charge < -0.3 is 15.0 Å². The molecule has 0 saturated carbocycles. The average molecular weight is 278 g/mol. The minimum absolute atomic E-state index is 0.0642. The lowest BCUT2D eigenvalue weighted by Crippen LogP contribution is -2.45. The van der Waals surface area contributed by atoms with Gasteiger partial charge in [0.05, 0.1) is 19.1 Å². The number of amides is 1. The van der Waals surface area contributed by atoms with E-state index in [0.717, 1.165) is 19.5 Å². The number of rotatable bonds is 2. The maximum absolute atomic E-state index is 13.8. The molecule has 2 atom stereocenters. The fourth-order valence-electron chi connectivity index (χ4n) is 2.90. The summed E-state index contributed by atoms with van der Waals surface area (Å²) in [6.45, 7) is 3.15. The van der Waals surface area contributed by atoms with Crippen molar-refractivity contribution in [3.05, 3.63) is 35.6 Å². The van der Waals surface area contributed by atoms with Crippen molar-refractivity contribution in [2.24, 2.45) is 5.92 Å². The van der Waals surface area contributed by atoms with Crippen molar-refractivity contribution in [1.29, 1.82) is 0 Å². The van der Waals surface area contributed by atoms with Crippen LogP contribution >= 0.6 is 0 Å². The summed E-state index contributed by atoms with van der Waals surface area (Å²) in [5.41, 5.74) is 0.537. The summed E-state index contributed by atoms with van der Waals surface area (Å²) < 4.78 is 19.4. The van der Waals surface area contributed by atoms with Gasteiger partial charge in [-0.1, -0.05) is 18.2 Å². The van der Waals surface area contributed by atoms with E-state index in [9.17, 15) is 9.18 Å². The van der Waals surface area contributed by atoms with Crippen molar-refractivity contribution in [3.8, 4) is 0 Å². The predicted octanol–water partition coefficient (Wildman–Crippen LogP) is 1.34. The Morgan fingerprint density at radius 1 is 1.40 bits per heavy atom. The number of carbonyl (C=O) groups excluding carboxylic acids is 1. The maximum Gasteiger partial charge on any atom is 0.227 e. The van der Waals surface area contributed by atoms with Gasteiger partial charge in [0, 0.05) is 18.7 Å². The minimum atomic E-state index is -0.358. The number of hydrogen-bond donors (Lipinski definition) is 1. The van der Waals surface area contributed by atoms with E-state index in [1.165, 1.54) is 6.07 Å². The highest BCUT2D eigenvalue weighted by atomic mass is 19.1. The number of halogens is 1. The van der Waals surface area contributed by atoms with Crippen LogP contribution in [0.25, 0.3) is 0 Å². The van der Waals surface area contributed by atoms with Gasteiger partial charge >= 0.3 is 0 Å². The van der Waals surface area contributed by atoms with Gasteiger partial charge in [-0.25, -0.2) is 4.39 Å².